The minimum absolute atomic E-state index is 0.431. The van der Waals surface area contributed by atoms with Crippen LogP contribution in [0.4, 0.5) is 5.69 Å². The quantitative estimate of drug-likeness (QED) is 0.576. The zero-order chi connectivity index (χ0) is 15.1. The first-order chi connectivity index (χ1) is 10.2. The molecular formula is C17H22N2OS. The fourth-order valence-electron chi connectivity index (χ4n) is 2.27. The van der Waals surface area contributed by atoms with E-state index in [0.29, 0.717) is 11.6 Å². The number of anilines is 1. The molecule has 0 heterocycles. The van der Waals surface area contributed by atoms with Gasteiger partial charge in [-0.3, -0.25) is 0 Å². The Labute approximate surface area is 131 Å². The van der Waals surface area contributed by atoms with Crippen LogP contribution >= 0.6 is 12.2 Å². The van der Waals surface area contributed by atoms with E-state index in [1.807, 2.05) is 30.3 Å². The molecule has 21 heavy (non-hydrogen) atoms. The third-order valence-electron chi connectivity index (χ3n) is 3.39. The van der Waals surface area contributed by atoms with Gasteiger partial charge >= 0.3 is 0 Å². The van der Waals surface area contributed by atoms with E-state index in [4.69, 9.17) is 22.7 Å². The summed E-state index contributed by atoms with van der Waals surface area (Å²) in [6.07, 6.45) is 2.28. The van der Waals surface area contributed by atoms with Gasteiger partial charge in [-0.15, -0.1) is 0 Å². The Morgan fingerprint density at radius 2 is 1.90 bits per heavy atom. The molecular weight excluding hydrogens is 280 g/mol. The zero-order valence-electron chi connectivity index (χ0n) is 12.4. The molecule has 2 rings (SSSR count). The minimum Gasteiger partial charge on any atom is -0.389 e. The lowest BCUT2D eigenvalue weighted by Gasteiger charge is -2.12. The molecule has 3 nitrogen and oxygen atoms in total. The number of rotatable bonds is 8. The maximum absolute atomic E-state index is 5.79. The van der Waals surface area contributed by atoms with E-state index < -0.39 is 0 Å². The molecule has 0 saturated carbocycles. The molecule has 0 fully saturated rings. The monoisotopic (exact) mass is 302 g/mol. The summed E-state index contributed by atoms with van der Waals surface area (Å²) in [5, 5.41) is 5.64. The van der Waals surface area contributed by atoms with Crippen LogP contribution in [0.3, 0.4) is 0 Å². The van der Waals surface area contributed by atoms with Crippen LogP contribution in [-0.4, -0.2) is 24.7 Å². The van der Waals surface area contributed by atoms with Crippen LogP contribution < -0.4 is 11.1 Å². The lowest BCUT2D eigenvalue weighted by atomic mass is 10.0. The molecule has 2 aromatic rings. The lowest BCUT2D eigenvalue weighted by molar-refractivity contribution is 0.141. The maximum atomic E-state index is 5.79. The van der Waals surface area contributed by atoms with Gasteiger partial charge in [0.25, 0.3) is 0 Å². The molecule has 0 saturated heterocycles. The van der Waals surface area contributed by atoms with E-state index in [2.05, 4.69) is 18.3 Å². The molecule has 3 N–H and O–H groups in total. The average molecular weight is 302 g/mol. The molecule has 0 aliphatic heterocycles. The summed E-state index contributed by atoms with van der Waals surface area (Å²) in [5.41, 5.74) is 7.80. The number of nitrogens with one attached hydrogen (secondary N) is 1. The van der Waals surface area contributed by atoms with Gasteiger partial charge < -0.3 is 15.8 Å². The molecule has 2 aromatic carbocycles. The summed E-state index contributed by atoms with van der Waals surface area (Å²) in [6, 6.07) is 12.2. The topological polar surface area (TPSA) is 47.3 Å². The van der Waals surface area contributed by atoms with Gasteiger partial charge in [-0.25, -0.2) is 0 Å². The van der Waals surface area contributed by atoms with Crippen molar-refractivity contribution in [1.29, 1.82) is 0 Å². The first kappa shape index (κ1) is 15.7. The molecule has 0 atom stereocenters. The van der Waals surface area contributed by atoms with Gasteiger partial charge in [0.1, 0.15) is 4.99 Å². The summed E-state index contributed by atoms with van der Waals surface area (Å²) in [4.78, 5) is 0.431. The number of hydrogen-bond donors (Lipinski definition) is 2. The second-order valence-electron chi connectivity index (χ2n) is 4.96. The number of benzene rings is 2. The first-order valence-electron chi connectivity index (χ1n) is 7.37. The van der Waals surface area contributed by atoms with Crippen LogP contribution in [0.1, 0.15) is 25.3 Å². The highest BCUT2D eigenvalue weighted by Crippen LogP contribution is 2.26. The summed E-state index contributed by atoms with van der Waals surface area (Å²) < 4.78 is 5.57. The van der Waals surface area contributed by atoms with Crippen molar-refractivity contribution in [3.8, 4) is 0 Å². The fourth-order valence-corrected chi connectivity index (χ4v) is 2.45. The Kier molecular flexibility index (Phi) is 5.96. The van der Waals surface area contributed by atoms with Gasteiger partial charge in [0.15, 0.2) is 0 Å². The molecule has 0 unspecified atom stereocenters. The smallest absolute Gasteiger partial charge is 0.104 e. The molecule has 0 aromatic heterocycles. The number of nitrogens with two attached hydrogens (primary N) is 1. The second kappa shape index (κ2) is 7.96. The van der Waals surface area contributed by atoms with Crippen molar-refractivity contribution in [3.63, 3.8) is 0 Å². The summed E-state index contributed by atoms with van der Waals surface area (Å²) in [5.74, 6) is 0. The lowest BCUT2D eigenvalue weighted by Crippen LogP contribution is -2.12. The van der Waals surface area contributed by atoms with E-state index in [9.17, 15) is 0 Å². The van der Waals surface area contributed by atoms with Crippen molar-refractivity contribution < 1.29 is 4.74 Å². The van der Waals surface area contributed by atoms with Gasteiger partial charge in [-0.05, 0) is 23.9 Å². The number of thiocarbonyl (C=S) groups is 1. The van der Waals surface area contributed by atoms with Crippen LogP contribution in [0.2, 0.25) is 0 Å². The molecule has 0 radical (unpaired) electrons. The third kappa shape index (κ3) is 4.16. The van der Waals surface area contributed by atoms with E-state index in [-0.39, 0.29) is 0 Å². The van der Waals surface area contributed by atoms with Crippen LogP contribution in [0.15, 0.2) is 36.4 Å². The van der Waals surface area contributed by atoms with E-state index in [1.54, 1.807) is 0 Å². The van der Waals surface area contributed by atoms with Crippen molar-refractivity contribution in [3.05, 3.63) is 42.0 Å². The zero-order valence-corrected chi connectivity index (χ0v) is 13.2. The van der Waals surface area contributed by atoms with Gasteiger partial charge in [0, 0.05) is 29.8 Å². The van der Waals surface area contributed by atoms with Crippen LogP contribution in [0.5, 0.6) is 0 Å². The Morgan fingerprint density at radius 3 is 2.62 bits per heavy atom. The molecule has 4 heteroatoms. The van der Waals surface area contributed by atoms with Crippen LogP contribution in [0, 0.1) is 0 Å². The molecule has 0 aliphatic carbocycles. The van der Waals surface area contributed by atoms with E-state index >= 15 is 0 Å². The molecule has 0 spiro atoms. The minimum atomic E-state index is 0.431. The number of ether oxygens (including phenoxy) is 1. The van der Waals surface area contributed by atoms with E-state index in [0.717, 1.165) is 41.6 Å². The highest BCUT2D eigenvalue weighted by Gasteiger charge is 2.06. The Balaban J connectivity index is 2.07. The largest absolute Gasteiger partial charge is 0.389 e. The Morgan fingerprint density at radius 1 is 1.14 bits per heavy atom. The molecule has 0 amide bonds. The maximum Gasteiger partial charge on any atom is 0.104 e. The Hall–Kier alpha value is -1.65. The number of hydrogen-bond acceptors (Lipinski definition) is 3. The van der Waals surface area contributed by atoms with Crippen LogP contribution in [-0.2, 0) is 4.74 Å². The molecule has 112 valence electrons. The van der Waals surface area contributed by atoms with Gasteiger partial charge in [0.05, 0.1) is 6.61 Å². The van der Waals surface area contributed by atoms with Crippen molar-refractivity contribution >= 4 is 33.7 Å². The van der Waals surface area contributed by atoms with Crippen LogP contribution in [0.25, 0.3) is 10.8 Å². The number of unbranched alkanes of at least 4 members (excludes halogenated alkanes) is 1. The predicted molar refractivity (Wildman–Crippen MR) is 94.1 cm³/mol. The summed E-state index contributed by atoms with van der Waals surface area (Å²) in [6.45, 7) is 4.50. The van der Waals surface area contributed by atoms with Crippen molar-refractivity contribution in [2.24, 2.45) is 5.73 Å². The fraction of sp³-hybridized carbons (Fsp3) is 0.353. The average Bonchev–Trinajstić information content (AvgIpc) is 2.50. The van der Waals surface area contributed by atoms with Crippen molar-refractivity contribution in [1.82, 2.24) is 0 Å². The van der Waals surface area contributed by atoms with Gasteiger partial charge in [-0.1, -0.05) is 49.8 Å². The molecule has 0 aliphatic rings. The predicted octanol–water partition coefficient (Wildman–Crippen LogP) is 3.70. The highest BCUT2D eigenvalue weighted by molar-refractivity contribution is 7.80. The normalized spacial score (nSPS) is 10.7. The SMILES string of the molecule is CCCCOCCNc1ccc(C(N)=S)c2ccccc12. The highest BCUT2D eigenvalue weighted by atomic mass is 32.1. The van der Waals surface area contributed by atoms with Gasteiger partial charge in [0.2, 0.25) is 0 Å². The second-order valence-corrected chi connectivity index (χ2v) is 5.40. The Bertz CT molecular complexity index is 613. The van der Waals surface area contributed by atoms with Gasteiger partial charge in [-0.2, -0.15) is 0 Å². The number of fused-ring (bicyclic) bond motifs is 1. The summed E-state index contributed by atoms with van der Waals surface area (Å²) in [7, 11) is 0. The molecule has 0 bridgehead atoms. The standard InChI is InChI=1S/C17H22N2OS/c1-2-3-11-20-12-10-19-16-9-8-15(17(18)21)13-6-4-5-7-14(13)16/h4-9,19H,2-3,10-12H2,1H3,(H2,18,21). The van der Waals surface area contributed by atoms with Crippen molar-refractivity contribution in [2.45, 2.75) is 19.8 Å². The van der Waals surface area contributed by atoms with E-state index in [1.165, 1.54) is 6.42 Å². The first-order valence-corrected chi connectivity index (χ1v) is 7.78. The van der Waals surface area contributed by atoms with Crippen molar-refractivity contribution in [2.75, 3.05) is 25.1 Å². The summed E-state index contributed by atoms with van der Waals surface area (Å²) >= 11 is 5.12. The third-order valence-corrected chi connectivity index (χ3v) is 3.61.